The zero-order valence-electron chi connectivity index (χ0n) is 12.3. The number of nitrogens with one attached hydrogen (secondary N) is 1. The van der Waals surface area contributed by atoms with Gasteiger partial charge in [0.2, 0.25) is 0 Å². The van der Waals surface area contributed by atoms with Gasteiger partial charge in [-0.3, -0.25) is 4.79 Å². The number of amides is 1. The highest BCUT2D eigenvalue weighted by Gasteiger charge is 2.12. The maximum Gasteiger partial charge on any atom is 0.345 e. The summed E-state index contributed by atoms with van der Waals surface area (Å²) in [6, 6.07) is 8.71. The summed E-state index contributed by atoms with van der Waals surface area (Å²) in [6.45, 7) is 0.954. The number of carboxylic acids is 1. The van der Waals surface area contributed by atoms with Crippen molar-refractivity contribution in [1.82, 2.24) is 5.32 Å². The van der Waals surface area contributed by atoms with E-state index in [-0.39, 0.29) is 16.6 Å². The topological polar surface area (TPSA) is 75.6 Å². The lowest BCUT2D eigenvalue weighted by molar-refractivity contribution is 0.0702. The first-order valence-corrected chi connectivity index (χ1v) is 7.87. The lowest BCUT2D eigenvalue weighted by Gasteiger charge is -2.06. The third-order valence-electron chi connectivity index (χ3n) is 2.98. The van der Waals surface area contributed by atoms with Crippen LogP contribution in [0.3, 0.4) is 0 Å². The van der Waals surface area contributed by atoms with Crippen molar-refractivity contribution in [2.75, 3.05) is 13.2 Å². The molecule has 2 rings (SSSR count). The molecule has 0 unspecified atom stereocenters. The van der Waals surface area contributed by atoms with Gasteiger partial charge in [0.05, 0.1) is 11.5 Å². The van der Waals surface area contributed by atoms with Crippen molar-refractivity contribution in [1.29, 1.82) is 0 Å². The minimum atomic E-state index is -1.04. The first kappa shape index (κ1) is 17.0. The number of benzene rings is 1. The highest BCUT2D eigenvalue weighted by atomic mass is 32.1. The lowest BCUT2D eigenvalue weighted by atomic mass is 10.3. The number of hydrogen-bond donors (Lipinski definition) is 2. The van der Waals surface area contributed by atoms with Crippen LogP contribution >= 0.6 is 11.3 Å². The van der Waals surface area contributed by atoms with Crippen molar-refractivity contribution in [3.63, 3.8) is 0 Å². The summed E-state index contributed by atoms with van der Waals surface area (Å²) in [5.41, 5.74) is 0. The van der Waals surface area contributed by atoms with Crippen LogP contribution in [-0.4, -0.2) is 30.1 Å². The van der Waals surface area contributed by atoms with Crippen molar-refractivity contribution in [2.45, 2.75) is 12.8 Å². The molecular formula is C16H16FNO4S. The number of carbonyl (C=O) groups is 2. The summed E-state index contributed by atoms with van der Waals surface area (Å²) >= 11 is 0.949. The van der Waals surface area contributed by atoms with Gasteiger partial charge in [0.1, 0.15) is 16.4 Å². The second-order valence-electron chi connectivity index (χ2n) is 4.73. The average Bonchev–Trinajstić information content (AvgIpc) is 3.02. The highest BCUT2D eigenvalue weighted by Crippen LogP contribution is 2.16. The Morgan fingerprint density at radius 3 is 2.43 bits per heavy atom. The standard InChI is InChI=1S/C16H16FNO4S/c17-11-3-5-12(6-4-11)22-10-2-1-9-18-15(19)13-7-8-14(23-13)16(20)21/h3-8H,1-2,9-10H2,(H,18,19)(H,20,21). The number of ether oxygens (including phenoxy) is 1. The van der Waals surface area contributed by atoms with E-state index in [0.717, 1.165) is 24.2 Å². The zero-order valence-corrected chi connectivity index (χ0v) is 13.1. The summed E-state index contributed by atoms with van der Waals surface area (Å²) in [5.74, 6) is -1.01. The van der Waals surface area contributed by atoms with Crippen molar-refractivity contribution >= 4 is 23.2 Å². The maximum atomic E-state index is 12.7. The molecule has 7 heteroatoms. The van der Waals surface area contributed by atoms with Crippen LogP contribution < -0.4 is 10.1 Å². The Hall–Kier alpha value is -2.41. The van der Waals surface area contributed by atoms with E-state index in [9.17, 15) is 14.0 Å². The number of unbranched alkanes of at least 4 members (excludes halogenated alkanes) is 1. The molecule has 0 bridgehead atoms. The van der Waals surface area contributed by atoms with Crippen molar-refractivity contribution in [3.05, 3.63) is 52.0 Å². The molecule has 0 aliphatic carbocycles. The van der Waals surface area contributed by atoms with E-state index < -0.39 is 5.97 Å². The number of rotatable bonds is 8. The van der Waals surface area contributed by atoms with Crippen LogP contribution in [0, 0.1) is 5.82 Å². The van der Waals surface area contributed by atoms with E-state index in [4.69, 9.17) is 9.84 Å². The summed E-state index contributed by atoms with van der Waals surface area (Å²) in [5, 5.41) is 11.5. The second kappa shape index (κ2) is 8.28. The quantitative estimate of drug-likeness (QED) is 0.726. The average molecular weight is 337 g/mol. The Kier molecular flexibility index (Phi) is 6.10. The van der Waals surface area contributed by atoms with Gasteiger partial charge in [-0.05, 0) is 49.2 Å². The highest BCUT2D eigenvalue weighted by molar-refractivity contribution is 7.15. The van der Waals surface area contributed by atoms with Crippen molar-refractivity contribution in [2.24, 2.45) is 0 Å². The van der Waals surface area contributed by atoms with Crippen LogP contribution in [0.2, 0.25) is 0 Å². The fraction of sp³-hybridized carbons (Fsp3) is 0.250. The lowest BCUT2D eigenvalue weighted by Crippen LogP contribution is -2.23. The number of carboxylic acid groups (broad SMARTS) is 1. The van der Waals surface area contributed by atoms with Gasteiger partial charge in [0.25, 0.3) is 5.91 Å². The van der Waals surface area contributed by atoms with Gasteiger partial charge in [-0.15, -0.1) is 11.3 Å². The molecule has 0 aliphatic heterocycles. The molecule has 1 amide bonds. The van der Waals surface area contributed by atoms with Crippen LogP contribution in [0.15, 0.2) is 36.4 Å². The second-order valence-corrected chi connectivity index (χ2v) is 5.82. The van der Waals surface area contributed by atoms with E-state index in [2.05, 4.69) is 5.32 Å². The van der Waals surface area contributed by atoms with Gasteiger partial charge in [0.15, 0.2) is 0 Å². The molecule has 23 heavy (non-hydrogen) atoms. The van der Waals surface area contributed by atoms with Gasteiger partial charge < -0.3 is 15.2 Å². The van der Waals surface area contributed by atoms with Gasteiger partial charge in [-0.2, -0.15) is 0 Å². The minimum Gasteiger partial charge on any atom is -0.494 e. The predicted molar refractivity (Wildman–Crippen MR) is 84.7 cm³/mol. The molecule has 0 spiro atoms. The van der Waals surface area contributed by atoms with Crippen LogP contribution in [0.4, 0.5) is 4.39 Å². The van der Waals surface area contributed by atoms with E-state index in [0.29, 0.717) is 23.8 Å². The summed E-state index contributed by atoms with van der Waals surface area (Å²) in [4.78, 5) is 23.1. The third-order valence-corrected chi connectivity index (χ3v) is 4.05. The Morgan fingerprint density at radius 1 is 1.09 bits per heavy atom. The van der Waals surface area contributed by atoms with E-state index >= 15 is 0 Å². The molecule has 1 heterocycles. The van der Waals surface area contributed by atoms with Crippen LogP contribution in [0.1, 0.15) is 32.2 Å². The Balaban J connectivity index is 1.62. The number of carbonyl (C=O) groups excluding carboxylic acids is 1. The molecule has 2 aromatic rings. The van der Waals surface area contributed by atoms with E-state index in [1.54, 1.807) is 12.1 Å². The summed E-state index contributed by atoms with van der Waals surface area (Å²) in [7, 11) is 0. The van der Waals surface area contributed by atoms with Crippen LogP contribution in [-0.2, 0) is 0 Å². The number of aromatic carboxylic acids is 1. The first-order chi connectivity index (χ1) is 11.1. The normalized spacial score (nSPS) is 10.3. The largest absolute Gasteiger partial charge is 0.494 e. The molecule has 0 saturated carbocycles. The summed E-state index contributed by atoms with van der Waals surface area (Å²) < 4.78 is 18.1. The monoisotopic (exact) mass is 337 g/mol. The van der Waals surface area contributed by atoms with Crippen LogP contribution in [0.5, 0.6) is 5.75 Å². The predicted octanol–water partition coefficient (Wildman–Crippen LogP) is 3.17. The summed E-state index contributed by atoms with van der Waals surface area (Å²) in [6.07, 6.45) is 1.46. The SMILES string of the molecule is O=C(O)c1ccc(C(=O)NCCCCOc2ccc(F)cc2)s1. The van der Waals surface area contributed by atoms with E-state index in [1.165, 1.54) is 24.3 Å². The molecule has 122 valence electrons. The first-order valence-electron chi connectivity index (χ1n) is 7.06. The molecule has 2 N–H and O–H groups in total. The molecular weight excluding hydrogens is 321 g/mol. The van der Waals surface area contributed by atoms with Gasteiger partial charge >= 0.3 is 5.97 Å². The molecule has 0 atom stereocenters. The number of halogens is 1. The molecule has 0 saturated heterocycles. The number of thiophene rings is 1. The molecule has 0 fully saturated rings. The Morgan fingerprint density at radius 2 is 1.78 bits per heavy atom. The molecule has 0 radical (unpaired) electrons. The van der Waals surface area contributed by atoms with Crippen molar-refractivity contribution < 1.29 is 23.8 Å². The third kappa shape index (κ3) is 5.37. The smallest absolute Gasteiger partial charge is 0.345 e. The number of hydrogen-bond acceptors (Lipinski definition) is 4. The molecule has 1 aromatic carbocycles. The van der Waals surface area contributed by atoms with Gasteiger partial charge in [-0.25, -0.2) is 9.18 Å². The van der Waals surface area contributed by atoms with Crippen LogP contribution in [0.25, 0.3) is 0 Å². The fourth-order valence-electron chi connectivity index (χ4n) is 1.81. The molecule has 1 aromatic heterocycles. The fourth-order valence-corrected chi connectivity index (χ4v) is 2.57. The van der Waals surface area contributed by atoms with E-state index in [1.807, 2.05) is 0 Å². The van der Waals surface area contributed by atoms with Gasteiger partial charge in [-0.1, -0.05) is 0 Å². The maximum absolute atomic E-state index is 12.7. The molecule has 5 nitrogen and oxygen atoms in total. The Bertz CT molecular complexity index is 669. The molecule has 0 aliphatic rings. The minimum absolute atomic E-state index is 0.142. The zero-order chi connectivity index (χ0) is 16.7. The van der Waals surface area contributed by atoms with Gasteiger partial charge in [0, 0.05) is 6.54 Å². The van der Waals surface area contributed by atoms with Crippen molar-refractivity contribution in [3.8, 4) is 5.75 Å². The Labute approximate surface area is 136 Å².